The molecule has 1 heterocycles. The first-order valence-corrected chi connectivity index (χ1v) is 40.7. The van der Waals surface area contributed by atoms with E-state index in [-0.39, 0.29) is 18.3 Å². The molecule has 0 atom stereocenters. The summed E-state index contributed by atoms with van der Waals surface area (Å²) in [7, 11) is -6.08. The third-order valence-electron chi connectivity index (χ3n) is 23.5. The summed E-state index contributed by atoms with van der Waals surface area (Å²) >= 11 is 0. The van der Waals surface area contributed by atoms with Gasteiger partial charge in [0.25, 0.3) is 0 Å². The van der Waals surface area contributed by atoms with Gasteiger partial charge < -0.3 is 13.5 Å². The topological polar surface area (TPSA) is 61.8 Å². The van der Waals surface area contributed by atoms with Gasteiger partial charge in [-0.3, -0.25) is 0 Å². The van der Waals surface area contributed by atoms with Crippen LogP contribution in [0, 0.1) is 0 Å². The Morgan fingerprint density at radius 3 is 0.778 bits per heavy atom. The molecule has 0 unspecified atom stereocenters. The fourth-order valence-electron chi connectivity index (χ4n) is 16.8. The third-order valence-corrected chi connectivity index (χ3v) is 24.5. The predicted molar refractivity (Wildman–Crippen MR) is 484 cm³/mol. The molecular formula is C107H76BF3O5S. The van der Waals surface area contributed by atoms with E-state index in [0.717, 1.165) is 60.0 Å². The van der Waals surface area contributed by atoms with Crippen LogP contribution in [0.1, 0.15) is 27.7 Å². The summed E-state index contributed by atoms with van der Waals surface area (Å²) in [6, 6.07) is 136. The standard InChI is InChI=1S/C50H32.C31H19F3O3S.C26H25BO2/c1-3-11-37-29-40(23-19-33(37)9-1)43-27-26-41-30-39(24-25-42(41)31-43)35-17-21-36(22-18-35)49-45-13-5-7-15-47(45)50(48-16-8-6-14-46(48)49)44-28-20-34-10-2-4-12-38(34)32-44;32-31(33,34)38(35,36)37-24-17-15-21(16-18-24)29-25-9-3-5-11-27(25)30(28-12-6-4-10-26(28)29)23-14-13-20-7-1-2-8-22(20)19-23;1-25(2)26(3,4)29-27(28-25)24-14-13-22-16-21(11-12-23(22)17-24)20-10-9-18-7-5-6-8-19(18)15-20/h1-32H;1-19H;5-17H,1-4H3. The minimum Gasteiger partial charge on any atom is -0.399 e. The van der Waals surface area contributed by atoms with Gasteiger partial charge in [0.2, 0.25) is 0 Å². The highest BCUT2D eigenvalue weighted by molar-refractivity contribution is 7.88. The Kier molecular flexibility index (Phi) is 18.7. The fraction of sp³-hybridized carbons (Fsp3) is 0.0654. The van der Waals surface area contributed by atoms with E-state index in [1.54, 1.807) is 12.1 Å². The predicted octanol–water partition coefficient (Wildman–Crippen LogP) is 28.8. The van der Waals surface area contributed by atoms with Gasteiger partial charge in [0, 0.05) is 0 Å². The first kappa shape index (κ1) is 73.7. The van der Waals surface area contributed by atoms with Gasteiger partial charge in [0.05, 0.1) is 11.2 Å². The lowest BCUT2D eigenvalue weighted by molar-refractivity contribution is -0.0500. The van der Waals surface area contributed by atoms with Gasteiger partial charge in [-0.05, 0) is 273 Å². The van der Waals surface area contributed by atoms with Crippen LogP contribution in [0.25, 0.3) is 186 Å². The molecule has 0 saturated carbocycles. The third kappa shape index (κ3) is 14.1. The normalized spacial score (nSPS) is 13.4. The van der Waals surface area contributed by atoms with Crippen LogP contribution in [0.4, 0.5) is 13.2 Å². The summed E-state index contributed by atoms with van der Waals surface area (Å²) in [5.41, 5.74) is 11.1. The average Bonchev–Trinajstić information content (AvgIpc) is 1.52. The van der Waals surface area contributed by atoms with Gasteiger partial charge in [0.1, 0.15) is 5.75 Å². The van der Waals surface area contributed by atoms with Crippen molar-refractivity contribution < 1.29 is 35.1 Å². The van der Waals surface area contributed by atoms with E-state index in [0.29, 0.717) is 0 Å². The van der Waals surface area contributed by atoms with Crippen molar-refractivity contribution in [2.24, 2.45) is 0 Å². The zero-order valence-electron chi connectivity index (χ0n) is 64.6. The number of hydrogen-bond donors (Lipinski definition) is 0. The minimum absolute atomic E-state index is 0.327. The van der Waals surface area contributed by atoms with Gasteiger partial charge in [-0.2, -0.15) is 21.6 Å². The van der Waals surface area contributed by atoms with Gasteiger partial charge in [-0.1, -0.05) is 334 Å². The summed E-state index contributed by atoms with van der Waals surface area (Å²) in [6.07, 6.45) is 0. The molecule has 564 valence electrons. The maximum Gasteiger partial charge on any atom is 0.534 e. The van der Waals surface area contributed by atoms with E-state index >= 15 is 0 Å². The molecule has 5 nitrogen and oxygen atoms in total. The molecule has 0 bridgehead atoms. The Hall–Kier alpha value is -13.5. The van der Waals surface area contributed by atoms with Crippen molar-refractivity contribution in [3.05, 3.63) is 388 Å². The molecule has 20 aromatic carbocycles. The highest BCUT2D eigenvalue weighted by Gasteiger charge is 2.52. The highest BCUT2D eigenvalue weighted by Crippen LogP contribution is 2.48. The molecule has 1 aliphatic heterocycles. The van der Waals surface area contributed by atoms with Gasteiger partial charge in [0.15, 0.2) is 0 Å². The van der Waals surface area contributed by atoms with Crippen molar-refractivity contribution in [2.75, 3.05) is 0 Å². The Morgan fingerprint density at radius 2 is 0.462 bits per heavy atom. The van der Waals surface area contributed by atoms with Crippen LogP contribution >= 0.6 is 0 Å². The van der Waals surface area contributed by atoms with Crippen molar-refractivity contribution in [3.63, 3.8) is 0 Å². The first-order valence-electron chi connectivity index (χ1n) is 39.3. The second kappa shape index (κ2) is 29.7. The fourth-order valence-corrected chi connectivity index (χ4v) is 17.2. The van der Waals surface area contributed by atoms with E-state index in [2.05, 4.69) is 347 Å². The molecule has 0 aromatic heterocycles. The summed E-state index contributed by atoms with van der Waals surface area (Å²) in [6.45, 7) is 8.35. The Labute approximate surface area is 677 Å². The van der Waals surface area contributed by atoms with Gasteiger partial charge in [-0.25, -0.2) is 0 Å². The van der Waals surface area contributed by atoms with Crippen LogP contribution < -0.4 is 9.65 Å². The van der Waals surface area contributed by atoms with Crippen molar-refractivity contribution in [2.45, 2.75) is 44.4 Å². The van der Waals surface area contributed by atoms with Crippen LogP contribution in [0.2, 0.25) is 0 Å². The van der Waals surface area contributed by atoms with Crippen molar-refractivity contribution in [1.82, 2.24) is 0 Å². The molecule has 20 aromatic rings. The van der Waals surface area contributed by atoms with E-state index in [9.17, 15) is 21.6 Å². The zero-order chi connectivity index (χ0) is 79.7. The van der Waals surface area contributed by atoms with Crippen LogP contribution in [0.3, 0.4) is 0 Å². The SMILES string of the molecule is CC1(C)OB(c2ccc3cc(-c4ccc5ccccc5c4)ccc3c2)OC1(C)C.O=S(=O)(Oc1ccc(-c2c3ccccc3c(-c3ccc4ccccc4c3)c3ccccc23)cc1)C(F)(F)F.c1ccc2cc(-c3ccc4cc(-c5ccc(-c6c7ccccc7c(-c7ccc8ccccc8c7)c7ccccc67)cc5)ccc4c3)ccc2c1. The van der Waals surface area contributed by atoms with Crippen LogP contribution in [0.15, 0.2) is 388 Å². The molecule has 0 aliphatic carbocycles. The Morgan fingerprint density at radius 1 is 0.248 bits per heavy atom. The lowest BCUT2D eigenvalue weighted by Gasteiger charge is -2.32. The van der Waals surface area contributed by atoms with Crippen molar-refractivity contribution in [1.29, 1.82) is 0 Å². The number of alkyl halides is 3. The second-order valence-electron chi connectivity index (χ2n) is 31.2. The van der Waals surface area contributed by atoms with E-state index in [1.807, 2.05) is 48.5 Å². The highest BCUT2D eigenvalue weighted by atomic mass is 32.2. The van der Waals surface area contributed by atoms with E-state index < -0.39 is 21.4 Å². The largest absolute Gasteiger partial charge is 0.534 e. The molecule has 10 heteroatoms. The number of fused-ring (bicyclic) bond motifs is 10. The molecule has 0 spiro atoms. The molecule has 21 rings (SSSR count). The summed E-state index contributed by atoms with van der Waals surface area (Å²) in [4.78, 5) is 0. The molecule has 1 fully saturated rings. The molecule has 0 radical (unpaired) electrons. The molecular weight excluding hydrogens is 1470 g/mol. The monoisotopic (exact) mass is 1540 g/mol. The minimum atomic E-state index is -5.75. The summed E-state index contributed by atoms with van der Waals surface area (Å²) < 4.78 is 77.9. The number of hydrogen-bond acceptors (Lipinski definition) is 5. The summed E-state index contributed by atoms with van der Waals surface area (Å²) in [5.74, 6) is -0.410. The van der Waals surface area contributed by atoms with Gasteiger partial charge in [-0.15, -0.1) is 0 Å². The first-order chi connectivity index (χ1) is 56.8. The van der Waals surface area contributed by atoms with Gasteiger partial charge >= 0.3 is 22.7 Å². The molecule has 1 saturated heterocycles. The maximum absolute atomic E-state index is 12.8. The smallest absolute Gasteiger partial charge is 0.399 e. The Bertz CT molecular complexity index is 7310. The van der Waals surface area contributed by atoms with E-state index in [1.165, 1.54) is 143 Å². The number of halogens is 3. The lowest BCUT2D eigenvalue weighted by atomic mass is 9.78. The molecule has 0 amide bonds. The quantitative estimate of drug-likeness (QED) is 0.0591. The molecule has 1 aliphatic rings. The lowest BCUT2D eigenvalue weighted by Crippen LogP contribution is -2.41. The Balaban J connectivity index is 0.000000121. The molecule has 117 heavy (non-hydrogen) atoms. The van der Waals surface area contributed by atoms with Crippen LogP contribution in [-0.2, 0) is 19.4 Å². The zero-order valence-corrected chi connectivity index (χ0v) is 65.4. The van der Waals surface area contributed by atoms with Crippen molar-refractivity contribution >= 4 is 130 Å². The summed E-state index contributed by atoms with van der Waals surface area (Å²) in [5, 5.41) is 23.9. The van der Waals surface area contributed by atoms with Crippen LogP contribution in [-0.4, -0.2) is 32.2 Å². The number of benzene rings is 20. The second-order valence-corrected chi connectivity index (χ2v) is 32.7. The average molecular weight is 1540 g/mol. The van der Waals surface area contributed by atoms with Crippen molar-refractivity contribution in [3.8, 4) is 83.6 Å². The molecule has 0 N–H and O–H groups in total. The maximum atomic E-state index is 12.8. The number of rotatable bonds is 10. The van der Waals surface area contributed by atoms with E-state index in [4.69, 9.17) is 9.31 Å². The van der Waals surface area contributed by atoms with Crippen LogP contribution in [0.5, 0.6) is 5.75 Å².